The van der Waals surface area contributed by atoms with Crippen LogP contribution >= 0.6 is 0 Å². The van der Waals surface area contributed by atoms with Crippen molar-refractivity contribution in [1.29, 1.82) is 0 Å². The van der Waals surface area contributed by atoms with Crippen LogP contribution in [0.1, 0.15) is 71.4 Å². The van der Waals surface area contributed by atoms with Crippen LogP contribution < -0.4 is 11.1 Å². The molecule has 0 radical (unpaired) electrons. The predicted octanol–water partition coefficient (Wildman–Crippen LogP) is 4.36. The number of aryl methyl sites for hydroxylation is 1. The number of hydrogen-bond acceptors (Lipinski definition) is 4. The zero-order valence-corrected chi connectivity index (χ0v) is 21.6. The van der Waals surface area contributed by atoms with Crippen LogP contribution in [0.5, 0.6) is 0 Å². The number of nitrogens with one attached hydrogen (secondary N) is 2. The summed E-state index contributed by atoms with van der Waals surface area (Å²) in [6.07, 6.45) is 4.00. The molecule has 1 aromatic carbocycles. The number of hydrogen-bond donors (Lipinski definition) is 4. The fourth-order valence-electron chi connectivity index (χ4n) is 4.48. The van der Waals surface area contributed by atoms with E-state index in [1.807, 2.05) is 20.8 Å². The average Bonchev–Trinajstić information content (AvgIpc) is 3.16. The van der Waals surface area contributed by atoms with Crippen LogP contribution in [-0.4, -0.2) is 48.4 Å². The van der Waals surface area contributed by atoms with E-state index in [1.165, 1.54) is 16.5 Å². The molecule has 5 N–H and O–H groups in total. The molecule has 186 valence electrons. The molecule has 0 fully saturated rings. The molecule has 1 amide bonds. The third-order valence-corrected chi connectivity index (χ3v) is 6.80. The van der Waals surface area contributed by atoms with Crippen molar-refractivity contribution in [3.63, 3.8) is 0 Å². The number of aliphatic hydroxyl groups is 1. The number of methoxy groups -OCH3 is 1. The largest absolute Gasteiger partial charge is 0.390 e. The molecule has 0 spiro atoms. The number of ether oxygens (including phenoxy) is 1. The molecular formula is C27H45N3O3. The van der Waals surface area contributed by atoms with Crippen LogP contribution in [0.15, 0.2) is 24.4 Å². The van der Waals surface area contributed by atoms with E-state index in [4.69, 9.17) is 10.5 Å². The lowest BCUT2D eigenvalue weighted by Gasteiger charge is -2.32. The Labute approximate surface area is 199 Å². The minimum atomic E-state index is -0.774. The number of carbonyl (C=O) groups is 1. The number of benzene rings is 1. The Bertz CT molecular complexity index is 884. The van der Waals surface area contributed by atoms with Crippen LogP contribution in [0, 0.1) is 17.3 Å². The van der Waals surface area contributed by atoms with Gasteiger partial charge in [-0.2, -0.15) is 0 Å². The molecule has 0 saturated carbocycles. The number of fused-ring (bicyclic) bond motifs is 1. The Morgan fingerprint density at radius 1 is 1.24 bits per heavy atom. The van der Waals surface area contributed by atoms with E-state index in [0.29, 0.717) is 24.2 Å². The summed E-state index contributed by atoms with van der Waals surface area (Å²) in [5.74, 6) is 0.925. The number of aromatic amines is 1. The molecule has 2 aromatic rings. The molecular weight excluding hydrogens is 414 g/mol. The van der Waals surface area contributed by atoms with Crippen molar-refractivity contribution in [3.05, 3.63) is 35.5 Å². The van der Waals surface area contributed by atoms with Gasteiger partial charge in [-0.25, -0.2) is 0 Å². The molecule has 6 heteroatoms. The molecule has 1 heterocycles. The molecule has 0 aliphatic heterocycles. The highest BCUT2D eigenvalue weighted by atomic mass is 16.5. The second kappa shape index (κ2) is 12.0. The maximum atomic E-state index is 12.1. The van der Waals surface area contributed by atoms with Gasteiger partial charge < -0.3 is 25.9 Å². The highest BCUT2D eigenvalue weighted by molar-refractivity contribution is 5.84. The van der Waals surface area contributed by atoms with Crippen molar-refractivity contribution in [2.45, 2.75) is 78.9 Å². The van der Waals surface area contributed by atoms with Crippen molar-refractivity contribution in [3.8, 4) is 0 Å². The smallest absolute Gasteiger partial charge is 0.225 e. The zero-order valence-electron chi connectivity index (χ0n) is 21.6. The minimum Gasteiger partial charge on any atom is -0.390 e. The second-order valence-electron chi connectivity index (χ2n) is 10.8. The van der Waals surface area contributed by atoms with Crippen molar-refractivity contribution in [2.75, 3.05) is 20.3 Å². The molecule has 0 saturated heterocycles. The van der Waals surface area contributed by atoms with Gasteiger partial charge in [0.2, 0.25) is 5.91 Å². The summed E-state index contributed by atoms with van der Waals surface area (Å²) >= 11 is 0. The van der Waals surface area contributed by atoms with Gasteiger partial charge >= 0.3 is 0 Å². The summed E-state index contributed by atoms with van der Waals surface area (Å²) in [6.45, 7) is 13.2. The maximum Gasteiger partial charge on any atom is 0.225 e. The molecule has 0 bridgehead atoms. The quantitative estimate of drug-likeness (QED) is 0.354. The molecule has 0 aliphatic carbocycles. The van der Waals surface area contributed by atoms with Gasteiger partial charge in [0.25, 0.3) is 0 Å². The summed E-state index contributed by atoms with van der Waals surface area (Å²) in [4.78, 5) is 15.5. The number of H-pyrrole nitrogens is 1. The van der Waals surface area contributed by atoms with E-state index in [2.05, 4.69) is 55.5 Å². The van der Waals surface area contributed by atoms with Crippen molar-refractivity contribution in [2.24, 2.45) is 23.0 Å². The van der Waals surface area contributed by atoms with Crippen LogP contribution in [0.2, 0.25) is 0 Å². The molecule has 6 nitrogen and oxygen atoms in total. The standard InChI is InChI=1S/C27H45N3O3/c1-17(2)21(14-23(28)25(31)16-30-26(32)27(4,5)6)18(3)19-10-11-24-22(13-19)20(15-29-24)9-8-12-33-7/h10-11,13,15,17-18,21,23,25,29,31H,8-9,12,14,16,28H2,1-7H3,(H,30,32). The first kappa shape index (κ1) is 27.4. The van der Waals surface area contributed by atoms with Gasteiger partial charge in [0.15, 0.2) is 0 Å². The first-order valence-electron chi connectivity index (χ1n) is 12.3. The van der Waals surface area contributed by atoms with E-state index in [9.17, 15) is 9.90 Å². The lowest BCUT2D eigenvalue weighted by molar-refractivity contribution is -0.129. The number of rotatable bonds is 12. The van der Waals surface area contributed by atoms with E-state index < -0.39 is 17.6 Å². The van der Waals surface area contributed by atoms with Gasteiger partial charge in [-0.3, -0.25) is 4.79 Å². The lowest BCUT2D eigenvalue weighted by atomic mass is 9.76. The summed E-state index contributed by atoms with van der Waals surface area (Å²) in [6, 6.07) is 6.26. The van der Waals surface area contributed by atoms with Crippen molar-refractivity contribution >= 4 is 16.8 Å². The predicted molar refractivity (Wildman–Crippen MR) is 136 cm³/mol. The third-order valence-electron chi connectivity index (χ3n) is 6.80. The Balaban J connectivity index is 2.10. The van der Waals surface area contributed by atoms with Crippen LogP contribution in [-0.2, 0) is 16.0 Å². The van der Waals surface area contributed by atoms with Crippen molar-refractivity contribution in [1.82, 2.24) is 10.3 Å². The SMILES string of the molecule is COCCCc1c[nH]c2ccc(C(C)C(CC(N)C(O)CNC(=O)C(C)(C)C)C(C)C)cc12. The van der Waals surface area contributed by atoms with Gasteiger partial charge in [-0.1, -0.05) is 47.6 Å². The number of nitrogens with two attached hydrogens (primary N) is 1. The number of amides is 1. The van der Waals surface area contributed by atoms with Gasteiger partial charge in [0, 0.05) is 48.8 Å². The Hall–Kier alpha value is -1.89. The first-order chi connectivity index (χ1) is 15.5. The second-order valence-corrected chi connectivity index (χ2v) is 10.8. The summed E-state index contributed by atoms with van der Waals surface area (Å²) in [5.41, 5.74) is 9.69. The molecule has 0 aliphatic rings. The summed E-state index contributed by atoms with van der Waals surface area (Å²) < 4.78 is 5.21. The fourth-order valence-corrected chi connectivity index (χ4v) is 4.48. The monoisotopic (exact) mass is 459 g/mol. The Morgan fingerprint density at radius 3 is 2.55 bits per heavy atom. The third kappa shape index (κ3) is 7.56. The highest BCUT2D eigenvalue weighted by Gasteiger charge is 2.29. The molecule has 1 aromatic heterocycles. The Kier molecular flexibility index (Phi) is 9.95. The normalized spacial score (nSPS) is 16.1. The molecule has 4 unspecified atom stereocenters. The molecule has 4 atom stereocenters. The van der Waals surface area contributed by atoms with Crippen LogP contribution in [0.3, 0.4) is 0 Å². The van der Waals surface area contributed by atoms with Gasteiger partial charge in [-0.15, -0.1) is 0 Å². The first-order valence-corrected chi connectivity index (χ1v) is 12.3. The number of aliphatic hydroxyl groups excluding tert-OH is 1. The minimum absolute atomic E-state index is 0.0800. The van der Waals surface area contributed by atoms with E-state index >= 15 is 0 Å². The van der Waals surface area contributed by atoms with Gasteiger partial charge in [0.1, 0.15) is 0 Å². The summed E-state index contributed by atoms with van der Waals surface area (Å²) in [5, 5.41) is 14.7. The van der Waals surface area contributed by atoms with Gasteiger partial charge in [-0.05, 0) is 60.3 Å². The Morgan fingerprint density at radius 2 is 1.94 bits per heavy atom. The zero-order chi connectivity index (χ0) is 24.8. The average molecular weight is 460 g/mol. The van der Waals surface area contributed by atoms with E-state index in [1.54, 1.807) is 7.11 Å². The van der Waals surface area contributed by atoms with E-state index in [-0.39, 0.29) is 12.5 Å². The summed E-state index contributed by atoms with van der Waals surface area (Å²) in [7, 11) is 1.74. The van der Waals surface area contributed by atoms with Crippen LogP contribution in [0.4, 0.5) is 0 Å². The number of carbonyl (C=O) groups excluding carboxylic acids is 1. The maximum absolute atomic E-state index is 12.1. The fraction of sp³-hybridized carbons (Fsp3) is 0.667. The lowest BCUT2D eigenvalue weighted by Crippen LogP contribution is -2.47. The number of aromatic nitrogens is 1. The van der Waals surface area contributed by atoms with Gasteiger partial charge in [0.05, 0.1) is 6.10 Å². The highest BCUT2D eigenvalue weighted by Crippen LogP contribution is 2.35. The molecule has 2 rings (SSSR count). The van der Waals surface area contributed by atoms with Crippen LogP contribution in [0.25, 0.3) is 10.9 Å². The topological polar surface area (TPSA) is 100 Å². The van der Waals surface area contributed by atoms with Crippen molar-refractivity contribution < 1.29 is 14.6 Å². The molecule has 33 heavy (non-hydrogen) atoms. The van der Waals surface area contributed by atoms with E-state index in [0.717, 1.165) is 25.0 Å².